The van der Waals surface area contributed by atoms with E-state index in [1.165, 1.54) is 34.4 Å². The number of aryl methyl sites for hydroxylation is 1. The first-order valence-electron chi connectivity index (χ1n) is 17.1. The second-order valence-corrected chi connectivity index (χ2v) is 13.2. The molecule has 1 aromatic heterocycles. The van der Waals surface area contributed by atoms with Gasteiger partial charge in [0, 0.05) is 76.9 Å². The number of para-hydroxylation sites is 2. The molecule has 1 amide bonds. The quantitative estimate of drug-likeness (QED) is 0.232. The Balaban J connectivity index is 1.42. The molecule has 11 nitrogen and oxygen atoms in total. The van der Waals surface area contributed by atoms with Crippen LogP contribution in [0.1, 0.15) is 40.7 Å². The Morgan fingerprint density at radius 1 is 0.849 bits per heavy atom. The minimum absolute atomic E-state index is 0.0201. The molecule has 3 aromatic rings. The Labute approximate surface area is 302 Å². The highest BCUT2D eigenvalue weighted by Gasteiger charge is 2.59. The first-order chi connectivity index (χ1) is 25.0. The van der Waals surface area contributed by atoms with Crippen molar-refractivity contribution in [3.05, 3.63) is 83.2 Å². The Morgan fingerprint density at radius 2 is 1.47 bits per heavy atom. The number of esters is 2. The smallest absolute Gasteiger partial charge is 0.428 e. The number of halogens is 6. The lowest BCUT2D eigenvalue weighted by Gasteiger charge is -2.52. The first kappa shape index (κ1) is 39.4. The summed E-state index contributed by atoms with van der Waals surface area (Å²) in [4.78, 5) is 45.2. The molecule has 2 aliphatic rings. The Hall–Kier alpha value is -4.77. The number of alkyl halides is 6. The largest absolute Gasteiger partial charge is 0.491 e. The third kappa shape index (κ3) is 8.56. The van der Waals surface area contributed by atoms with Crippen molar-refractivity contribution in [3.63, 3.8) is 0 Å². The summed E-state index contributed by atoms with van der Waals surface area (Å²) < 4.78 is 92.8. The zero-order valence-electron chi connectivity index (χ0n) is 29.5. The van der Waals surface area contributed by atoms with Crippen molar-refractivity contribution < 1.29 is 50.2 Å². The third-order valence-corrected chi connectivity index (χ3v) is 9.76. The van der Waals surface area contributed by atoms with Crippen molar-refractivity contribution in [2.24, 2.45) is 12.8 Å². The van der Waals surface area contributed by atoms with Crippen molar-refractivity contribution >= 4 is 29.2 Å². The molecular weight excluding hydrogens is 710 g/mol. The van der Waals surface area contributed by atoms with Crippen molar-refractivity contribution in [3.8, 4) is 0 Å². The molecule has 2 N–H and O–H groups in total. The average Bonchev–Trinajstić information content (AvgIpc) is 3.39. The summed E-state index contributed by atoms with van der Waals surface area (Å²) in [5, 5.41) is 0. The van der Waals surface area contributed by atoms with Crippen molar-refractivity contribution in [1.82, 2.24) is 14.4 Å². The minimum atomic E-state index is -5.60. The van der Waals surface area contributed by atoms with E-state index in [-0.39, 0.29) is 17.9 Å². The number of piperazine rings is 2. The van der Waals surface area contributed by atoms with Gasteiger partial charge in [0.25, 0.3) is 5.91 Å². The van der Waals surface area contributed by atoms with Crippen LogP contribution >= 0.6 is 0 Å². The molecule has 1 unspecified atom stereocenters. The van der Waals surface area contributed by atoms with Crippen molar-refractivity contribution in [2.75, 3.05) is 55.6 Å². The molecule has 2 aliphatic heterocycles. The number of nitrogens with two attached hydrogens (primary N) is 1. The maximum atomic E-state index is 14.3. The minimum Gasteiger partial charge on any atom is -0.428 e. The van der Waals surface area contributed by atoms with Crippen LogP contribution in [-0.4, -0.2) is 102 Å². The number of hydrogen-bond donors (Lipinski definition) is 1. The number of aromatic nitrogens is 1. The summed E-state index contributed by atoms with van der Waals surface area (Å²) in [6, 6.07) is 17.2. The van der Waals surface area contributed by atoms with E-state index >= 15 is 0 Å². The van der Waals surface area contributed by atoms with E-state index in [0.29, 0.717) is 36.8 Å². The number of anilines is 2. The molecule has 3 heterocycles. The predicted octanol–water partition coefficient (Wildman–Crippen LogP) is 4.76. The monoisotopic (exact) mass is 752 g/mol. The second-order valence-electron chi connectivity index (χ2n) is 13.2. The molecule has 0 saturated carbocycles. The molecular formula is C36H42F6N6O5. The molecule has 53 heavy (non-hydrogen) atoms. The zero-order valence-corrected chi connectivity index (χ0v) is 29.5. The first-order valence-corrected chi connectivity index (χ1v) is 17.1. The number of carbonyl (C=O) groups is 3. The van der Waals surface area contributed by atoms with Gasteiger partial charge < -0.3 is 29.6 Å². The van der Waals surface area contributed by atoms with Crippen LogP contribution < -0.4 is 15.5 Å². The summed E-state index contributed by atoms with van der Waals surface area (Å²) in [6.07, 6.45) is -11.8. The average molecular weight is 753 g/mol. The number of nitrogens with zero attached hydrogens (tertiary/aromatic N) is 5. The molecule has 0 bridgehead atoms. The van der Waals surface area contributed by atoms with E-state index in [4.69, 9.17) is 15.2 Å². The summed E-state index contributed by atoms with van der Waals surface area (Å²) >= 11 is 0. The van der Waals surface area contributed by atoms with E-state index in [2.05, 4.69) is 21.9 Å². The SMILES string of the molecule is Cc1c(CN2CCN(c3ccccc3CCCN)CC2)cc(C(=O)N2CCN(c3ccccc3)C(OC(=O)C(F)(F)F)[C@]2(C)OC(=O)C(F)(F)F)n1C. The van der Waals surface area contributed by atoms with E-state index in [1.54, 1.807) is 26.1 Å². The molecule has 2 atom stereocenters. The van der Waals surface area contributed by atoms with Gasteiger partial charge in [-0.3, -0.25) is 14.6 Å². The summed E-state index contributed by atoms with van der Waals surface area (Å²) in [5.74, 6) is -6.48. The molecule has 0 radical (unpaired) electrons. The molecule has 2 fully saturated rings. The highest BCUT2D eigenvalue weighted by Crippen LogP contribution is 2.38. The number of ether oxygens (including phenoxy) is 2. The second kappa shape index (κ2) is 15.7. The van der Waals surface area contributed by atoms with Gasteiger partial charge in [-0.2, -0.15) is 26.3 Å². The van der Waals surface area contributed by atoms with Gasteiger partial charge in [-0.25, -0.2) is 9.59 Å². The van der Waals surface area contributed by atoms with Crippen LogP contribution in [0, 0.1) is 6.92 Å². The Bertz CT molecular complexity index is 1780. The van der Waals surface area contributed by atoms with Crippen LogP contribution in [0.2, 0.25) is 0 Å². The number of carbonyl (C=O) groups excluding carboxylic acids is 3. The lowest BCUT2D eigenvalue weighted by atomic mass is 10.0. The highest BCUT2D eigenvalue weighted by molar-refractivity contribution is 5.94. The Kier molecular flexibility index (Phi) is 11.7. The van der Waals surface area contributed by atoms with Gasteiger partial charge >= 0.3 is 24.3 Å². The van der Waals surface area contributed by atoms with Crippen molar-refractivity contribution in [2.45, 2.75) is 57.5 Å². The maximum Gasteiger partial charge on any atom is 0.491 e. The van der Waals surface area contributed by atoms with Gasteiger partial charge in [-0.05, 0) is 61.7 Å². The molecule has 0 spiro atoms. The van der Waals surface area contributed by atoms with E-state index in [1.807, 2.05) is 12.1 Å². The fourth-order valence-corrected chi connectivity index (χ4v) is 6.83. The number of rotatable bonds is 10. The van der Waals surface area contributed by atoms with Crippen LogP contribution in [0.4, 0.5) is 37.7 Å². The maximum absolute atomic E-state index is 14.3. The van der Waals surface area contributed by atoms with Crippen LogP contribution in [0.15, 0.2) is 60.7 Å². The lowest BCUT2D eigenvalue weighted by Crippen LogP contribution is -2.72. The Morgan fingerprint density at radius 3 is 2.09 bits per heavy atom. The van der Waals surface area contributed by atoms with Gasteiger partial charge in [0.1, 0.15) is 5.69 Å². The standard InChI is InChI=1S/C36H42F6N6O5/c1-24-26(23-45-16-18-46(19-17-45)28-14-8-7-10-25(28)11-9-15-43)22-29(44(24)3)30(49)48-21-20-47(27-12-5-4-6-13-27)31(52-32(50)35(37,38)39)34(48,2)53-33(51)36(40,41)42/h4-8,10,12-14,22,31H,9,11,15-21,23,43H2,1-3H3/t31?,34-/m0/s1. The molecule has 17 heteroatoms. The zero-order chi connectivity index (χ0) is 38.7. The predicted molar refractivity (Wildman–Crippen MR) is 183 cm³/mol. The molecule has 2 saturated heterocycles. The van der Waals surface area contributed by atoms with Crippen LogP contribution in [0.25, 0.3) is 0 Å². The van der Waals surface area contributed by atoms with Crippen molar-refractivity contribution in [1.29, 1.82) is 0 Å². The van der Waals surface area contributed by atoms with Crippen LogP contribution in [-0.2, 0) is 39.1 Å². The third-order valence-electron chi connectivity index (χ3n) is 9.76. The topological polar surface area (TPSA) is 114 Å². The molecule has 2 aromatic carbocycles. The van der Waals surface area contributed by atoms with E-state index in [9.17, 15) is 40.7 Å². The van der Waals surface area contributed by atoms with E-state index < -0.39 is 48.7 Å². The fraction of sp³-hybridized carbons (Fsp3) is 0.472. The van der Waals surface area contributed by atoms with Crippen LogP contribution in [0.5, 0.6) is 0 Å². The fourth-order valence-electron chi connectivity index (χ4n) is 6.83. The van der Waals surface area contributed by atoms with Crippen LogP contribution in [0.3, 0.4) is 0 Å². The summed E-state index contributed by atoms with van der Waals surface area (Å²) in [6.45, 7) is 5.78. The van der Waals surface area contributed by atoms with Gasteiger partial charge in [0.15, 0.2) is 0 Å². The summed E-state index contributed by atoms with van der Waals surface area (Å²) in [7, 11) is 1.57. The van der Waals surface area contributed by atoms with E-state index in [0.717, 1.165) is 49.0 Å². The molecule has 288 valence electrons. The highest BCUT2D eigenvalue weighted by atomic mass is 19.4. The molecule has 0 aliphatic carbocycles. The number of amides is 1. The van der Waals surface area contributed by atoms with Gasteiger partial charge in [-0.15, -0.1) is 0 Å². The van der Waals surface area contributed by atoms with Gasteiger partial charge in [-0.1, -0.05) is 36.4 Å². The van der Waals surface area contributed by atoms with Gasteiger partial charge in [0.05, 0.1) is 0 Å². The number of hydrogen-bond acceptors (Lipinski definition) is 9. The lowest BCUT2D eigenvalue weighted by molar-refractivity contribution is -0.255. The normalized spacial score (nSPS) is 20.0. The summed E-state index contributed by atoms with van der Waals surface area (Å²) in [5.41, 5.74) is 6.76. The molecule has 5 rings (SSSR count). The number of benzene rings is 2. The van der Waals surface area contributed by atoms with Gasteiger partial charge in [0.2, 0.25) is 12.0 Å².